The second kappa shape index (κ2) is 6.02. The molecule has 0 radical (unpaired) electrons. The number of hydrogen-bond donors (Lipinski definition) is 1. The monoisotopic (exact) mass is 280 g/mol. The number of nitrogens with two attached hydrogens (primary N) is 1. The largest absolute Gasteiger partial charge is 0.497 e. The van der Waals surface area contributed by atoms with E-state index in [1.807, 2.05) is 12.1 Å². The molecule has 108 valence electrons. The van der Waals surface area contributed by atoms with Crippen molar-refractivity contribution in [3.05, 3.63) is 65.9 Å². The van der Waals surface area contributed by atoms with Crippen molar-refractivity contribution in [3.63, 3.8) is 0 Å². The molecule has 0 fully saturated rings. The lowest BCUT2D eigenvalue weighted by Crippen LogP contribution is -2.03. The molecule has 0 amide bonds. The predicted molar refractivity (Wildman–Crippen MR) is 86.8 cm³/mol. The highest BCUT2D eigenvalue weighted by molar-refractivity contribution is 5.81. The van der Waals surface area contributed by atoms with Crippen LogP contribution in [-0.4, -0.2) is 18.2 Å². The summed E-state index contributed by atoms with van der Waals surface area (Å²) in [5.41, 5.74) is 9.46. The second-order valence-corrected chi connectivity index (χ2v) is 5.22. The average Bonchev–Trinajstić information content (AvgIpc) is 2.91. The SMILES string of the molecule is COc1ccc(Cn2ccc3ccc(CCN)cc32)cc1. The van der Waals surface area contributed by atoms with Crippen molar-refractivity contribution in [2.75, 3.05) is 13.7 Å². The molecule has 1 heterocycles. The van der Waals surface area contributed by atoms with Crippen molar-refractivity contribution in [1.29, 1.82) is 0 Å². The smallest absolute Gasteiger partial charge is 0.118 e. The van der Waals surface area contributed by atoms with Gasteiger partial charge in [0.2, 0.25) is 0 Å². The van der Waals surface area contributed by atoms with E-state index in [1.54, 1.807) is 7.11 Å². The molecule has 0 aliphatic heterocycles. The Morgan fingerprint density at radius 2 is 1.76 bits per heavy atom. The molecular weight excluding hydrogens is 260 g/mol. The average molecular weight is 280 g/mol. The van der Waals surface area contributed by atoms with E-state index in [1.165, 1.54) is 22.0 Å². The van der Waals surface area contributed by atoms with Crippen molar-refractivity contribution >= 4 is 10.9 Å². The summed E-state index contributed by atoms with van der Waals surface area (Å²) in [6.07, 6.45) is 3.06. The molecule has 3 heteroatoms. The fraction of sp³-hybridized carbons (Fsp3) is 0.222. The Balaban J connectivity index is 1.90. The first-order valence-electron chi connectivity index (χ1n) is 7.21. The number of benzene rings is 2. The van der Waals surface area contributed by atoms with Gasteiger partial charge < -0.3 is 15.0 Å². The van der Waals surface area contributed by atoms with Crippen molar-refractivity contribution < 1.29 is 4.74 Å². The van der Waals surface area contributed by atoms with Gasteiger partial charge in [0, 0.05) is 18.3 Å². The number of rotatable bonds is 5. The van der Waals surface area contributed by atoms with Gasteiger partial charge in [-0.2, -0.15) is 0 Å². The third kappa shape index (κ3) is 2.93. The summed E-state index contributed by atoms with van der Waals surface area (Å²) in [5.74, 6) is 0.890. The van der Waals surface area contributed by atoms with Crippen LogP contribution in [0.5, 0.6) is 5.75 Å². The Bertz CT molecular complexity index is 729. The third-order valence-electron chi connectivity index (χ3n) is 3.78. The number of aromatic nitrogens is 1. The van der Waals surface area contributed by atoms with Crippen LogP contribution in [0.15, 0.2) is 54.7 Å². The topological polar surface area (TPSA) is 40.2 Å². The van der Waals surface area contributed by atoms with E-state index in [9.17, 15) is 0 Å². The zero-order chi connectivity index (χ0) is 14.7. The summed E-state index contributed by atoms with van der Waals surface area (Å²) in [6, 6.07) is 16.9. The minimum absolute atomic E-state index is 0.685. The molecule has 0 aliphatic rings. The van der Waals surface area contributed by atoms with Crippen LogP contribution in [0.4, 0.5) is 0 Å². The van der Waals surface area contributed by atoms with Crippen molar-refractivity contribution in [3.8, 4) is 5.75 Å². The number of ether oxygens (including phenoxy) is 1. The van der Waals surface area contributed by atoms with Gasteiger partial charge in [-0.1, -0.05) is 24.3 Å². The van der Waals surface area contributed by atoms with Crippen LogP contribution in [-0.2, 0) is 13.0 Å². The first-order chi connectivity index (χ1) is 10.3. The van der Waals surface area contributed by atoms with E-state index >= 15 is 0 Å². The maximum absolute atomic E-state index is 5.65. The summed E-state index contributed by atoms with van der Waals surface area (Å²) in [7, 11) is 1.69. The maximum atomic E-state index is 5.65. The fourth-order valence-corrected chi connectivity index (χ4v) is 2.62. The van der Waals surface area contributed by atoms with Crippen LogP contribution >= 0.6 is 0 Å². The van der Waals surface area contributed by atoms with Crippen LogP contribution in [0.2, 0.25) is 0 Å². The van der Waals surface area contributed by atoms with Crippen molar-refractivity contribution in [2.45, 2.75) is 13.0 Å². The van der Waals surface area contributed by atoms with Crippen molar-refractivity contribution in [1.82, 2.24) is 4.57 Å². The minimum Gasteiger partial charge on any atom is -0.497 e. The van der Waals surface area contributed by atoms with Gasteiger partial charge >= 0.3 is 0 Å². The molecule has 0 spiro atoms. The minimum atomic E-state index is 0.685. The first kappa shape index (κ1) is 13.7. The molecule has 1 aromatic heterocycles. The van der Waals surface area contributed by atoms with E-state index in [2.05, 4.69) is 47.2 Å². The van der Waals surface area contributed by atoms with Gasteiger partial charge in [-0.05, 0) is 53.7 Å². The van der Waals surface area contributed by atoms with E-state index in [-0.39, 0.29) is 0 Å². The van der Waals surface area contributed by atoms with Gasteiger partial charge in [0.1, 0.15) is 5.75 Å². The summed E-state index contributed by atoms with van der Waals surface area (Å²) in [5, 5.41) is 1.27. The quantitative estimate of drug-likeness (QED) is 0.779. The summed E-state index contributed by atoms with van der Waals surface area (Å²) >= 11 is 0. The lowest BCUT2D eigenvalue weighted by atomic mass is 10.1. The van der Waals surface area contributed by atoms with Gasteiger partial charge in [-0.15, -0.1) is 0 Å². The lowest BCUT2D eigenvalue weighted by molar-refractivity contribution is 0.414. The van der Waals surface area contributed by atoms with Crippen molar-refractivity contribution in [2.24, 2.45) is 5.73 Å². The number of methoxy groups -OCH3 is 1. The van der Waals surface area contributed by atoms with Gasteiger partial charge in [-0.25, -0.2) is 0 Å². The first-order valence-corrected chi connectivity index (χ1v) is 7.21. The van der Waals surface area contributed by atoms with Gasteiger partial charge in [-0.3, -0.25) is 0 Å². The third-order valence-corrected chi connectivity index (χ3v) is 3.78. The van der Waals surface area contributed by atoms with Crippen LogP contribution in [0.1, 0.15) is 11.1 Å². The highest BCUT2D eigenvalue weighted by Crippen LogP contribution is 2.20. The van der Waals surface area contributed by atoms with Gasteiger partial charge in [0.15, 0.2) is 0 Å². The lowest BCUT2D eigenvalue weighted by Gasteiger charge is -2.08. The highest BCUT2D eigenvalue weighted by Gasteiger charge is 2.03. The fourth-order valence-electron chi connectivity index (χ4n) is 2.62. The molecular formula is C18H20N2O. The van der Waals surface area contributed by atoms with E-state index in [0.29, 0.717) is 6.54 Å². The van der Waals surface area contributed by atoms with Crippen LogP contribution in [0.25, 0.3) is 10.9 Å². The van der Waals surface area contributed by atoms with Gasteiger partial charge in [0.25, 0.3) is 0 Å². The second-order valence-electron chi connectivity index (χ2n) is 5.22. The van der Waals surface area contributed by atoms with Crippen LogP contribution < -0.4 is 10.5 Å². The molecule has 3 nitrogen and oxygen atoms in total. The number of hydrogen-bond acceptors (Lipinski definition) is 2. The Morgan fingerprint density at radius 1 is 1.00 bits per heavy atom. The Morgan fingerprint density at radius 3 is 2.48 bits per heavy atom. The normalized spacial score (nSPS) is 11.0. The molecule has 21 heavy (non-hydrogen) atoms. The summed E-state index contributed by atoms with van der Waals surface area (Å²) < 4.78 is 7.47. The van der Waals surface area contributed by atoms with Crippen LogP contribution in [0.3, 0.4) is 0 Å². The number of fused-ring (bicyclic) bond motifs is 1. The maximum Gasteiger partial charge on any atom is 0.118 e. The predicted octanol–water partition coefficient (Wildman–Crippen LogP) is 3.20. The zero-order valence-corrected chi connectivity index (χ0v) is 12.3. The zero-order valence-electron chi connectivity index (χ0n) is 12.3. The standard InChI is InChI=1S/C18H20N2O/c1-21-17-6-3-15(4-7-17)13-20-11-9-16-5-2-14(8-10-19)12-18(16)20/h2-7,9,11-12H,8,10,13,19H2,1H3. The summed E-state index contributed by atoms with van der Waals surface area (Å²) in [6.45, 7) is 1.55. The number of nitrogens with zero attached hydrogens (tertiary/aromatic N) is 1. The Kier molecular flexibility index (Phi) is 3.93. The molecule has 0 saturated heterocycles. The Labute approximate surface area is 125 Å². The molecule has 2 N–H and O–H groups in total. The van der Waals surface area contributed by atoms with E-state index in [0.717, 1.165) is 18.7 Å². The molecule has 0 aliphatic carbocycles. The molecule has 2 aromatic carbocycles. The Hall–Kier alpha value is -2.26. The highest BCUT2D eigenvalue weighted by atomic mass is 16.5. The molecule has 0 saturated carbocycles. The van der Waals surface area contributed by atoms with E-state index < -0.39 is 0 Å². The molecule has 0 unspecified atom stereocenters. The summed E-state index contributed by atoms with van der Waals surface area (Å²) in [4.78, 5) is 0. The molecule has 0 atom stereocenters. The van der Waals surface area contributed by atoms with Gasteiger partial charge in [0.05, 0.1) is 7.11 Å². The molecule has 3 rings (SSSR count). The van der Waals surface area contributed by atoms with E-state index in [4.69, 9.17) is 10.5 Å². The molecule has 3 aromatic rings. The van der Waals surface area contributed by atoms with Crippen LogP contribution in [0, 0.1) is 0 Å². The molecule has 0 bridgehead atoms.